The first kappa shape index (κ1) is 13.1. The molecule has 5 nitrogen and oxygen atoms in total. The van der Waals surface area contributed by atoms with E-state index in [1.165, 1.54) is 24.6 Å². The second-order valence-corrected chi connectivity index (χ2v) is 6.53. The summed E-state index contributed by atoms with van der Waals surface area (Å²) >= 11 is 0. The Kier molecular flexibility index (Phi) is 2.92. The van der Waals surface area contributed by atoms with E-state index in [0.717, 1.165) is 39.1 Å². The second kappa shape index (κ2) is 4.70. The van der Waals surface area contributed by atoms with Crippen molar-refractivity contribution in [2.24, 2.45) is 5.92 Å². The summed E-state index contributed by atoms with van der Waals surface area (Å²) in [5.41, 5.74) is 1.72. The molecule has 1 aromatic rings. The van der Waals surface area contributed by atoms with E-state index in [9.17, 15) is 4.79 Å². The highest BCUT2D eigenvalue weighted by molar-refractivity contribution is 5.87. The van der Waals surface area contributed by atoms with Gasteiger partial charge in [-0.2, -0.15) is 5.10 Å². The number of rotatable bonds is 3. The van der Waals surface area contributed by atoms with Crippen LogP contribution in [0.2, 0.25) is 0 Å². The van der Waals surface area contributed by atoms with Crippen molar-refractivity contribution < 1.29 is 4.79 Å². The topological polar surface area (TPSA) is 41.4 Å². The van der Waals surface area contributed by atoms with E-state index >= 15 is 0 Å². The van der Waals surface area contributed by atoms with E-state index in [4.69, 9.17) is 0 Å². The maximum Gasteiger partial charge on any atom is 0.245 e. The molecule has 0 spiro atoms. The first-order chi connectivity index (χ1) is 10.2. The standard InChI is InChI=1S/C16H22N4O/c1-2-15(21)18-11-13(12-18)16(5-6-16)19-8-4-14-3-7-17-20(14)10-9-19/h2-3,7,13H,1,4-6,8-12H2. The lowest BCUT2D eigenvalue weighted by Crippen LogP contribution is -2.59. The molecule has 21 heavy (non-hydrogen) atoms. The van der Waals surface area contributed by atoms with Gasteiger partial charge in [0.15, 0.2) is 0 Å². The fourth-order valence-corrected chi connectivity index (χ4v) is 4.03. The molecular weight excluding hydrogens is 264 g/mol. The summed E-state index contributed by atoms with van der Waals surface area (Å²) in [6.07, 6.45) is 7.00. The number of carbonyl (C=O) groups is 1. The van der Waals surface area contributed by atoms with Crippen LogP contribution in [0.3, 0.4) is 0 Å². The van der Waals surface area contributed by atoms with Crippen LogP contribution in [0, 0.1) is 5.92 Å². The molecule has 1 saturated carbocycles. The molecule has 112 valence electrons. The normalized spacial score (nSPS) is 24.9. The van der Waals surface area contributed by atoms with Gasteiger partial charge in [-0.25, -0.2) is 0 Å². The molecule has 1 saturated heterocycles. The Morgan fingerprint density at radius 3 is 2.86 bits per heavy atom. The molecule has 0 N–H and O–H groups in total. The van der Waals surface area contributed by atoms with Crippen LogP contribution < -0.4 is 0 Å². The molecule has 2 fully saturated rings. The Morgan fingerprint density at radius 2 is 2.14 bits per heavy atom. The molecule has 1 aromatic heterocycles. The predicted molar refractivity (Wildman–Crippen MR) is 79.7 cm³/mol. The maximum absolute atomic E-state index is 11.6. The highest BCUT2D eigenvalue weighted by Gasteiger charge is 2.57. The minimum atomic E-state index is 0.0815. The Bertz CT molecular complexity index is 546. The van der Waals surface area contributed by atoms with Crippen LogP contribution in [0.4, 0.5) is 0 Å². The van der Waals surface area contributed by atoms with Crippen molar-refractivity contribution in [1.29, 1.82) is 0 Å². The van der Waals surface area contributed by atoms with Crippen LogP contribution in [0.25, 0.3) is 0 Å². The van der Waals surface area contributed by atoms with Crippen molar-refractivity contribution in [3.05, 3.63) is 30.6 Å². The number of fused-ring (bicyclic) bond motifs is 1. The van der Waals surface area contributed by atoms with Crippen LogP contribution >= 0.6 is 0 Å². The molecule has 2 aliphatic heterocycles. The zero-order valence-electron chi connectivity index (χ0n) is 12.4. The van der Waals surface area contributed by atoms with Crippen molar-refractivity contribution in [3.8, 4) is 0 Å². The summed E-state index contributed by atoms with van der Waals surface area (Å²) in [4.78, 5) is 16.2. The average Bonchev–Trinajstić information content (AvgIpc) is 3.15. The van der Waals surface area contributed by atoms with Gasteiger partial charge in [-0.15, -0.1) is 0 Å². The van der Waals surface area contributed by atoms with Crippen LogP contribution in [0.5, 0.6) is 0 Å². The minimum Gasteiger partial charge on any atom is -0.338 e. The highest BCUT2D eigenvalue weighted by Crippen LogP contribution is 2.51. The van der Waals surface area contributed by atoms with E-state index in [1.807, 2.05) is 11.1 Å². The lowest BCUT2D eigenvalue weighted by Gasteiger charge is -2.47. The summed E-state index contributed by atoms with van der Waals surface area (Å²) in [6.45, 7) is 8.59. The van der Waals surface area contributed by atoms with Crippen LogP contribution in [-0.4, -0.2) is 57.2 Å². The Labute approximate surface area is 125 Å². The molecule has 1 amide bonds. The van der Waals surface area contributed by atoms with Gasteiger partial charge in [-0.05, 0) is 25.0 Å². The summed E-state index contributed by atoms with van der Waals surface area (Å²) < 4.78 is 2.14. The van der Waals surface area contributed by atoms with Crippen molar-refractivity contribution in [3.63, 3.8) is 0 Å². The van der Waals surface area contributed by atoms with Gasteiger partial charge < -0.3 is 4.90 Å². The van der Waals surface area contributed by atoms with Gasteiger partial charge in [0.25, 0.3) is 0 Å². The summed E-state index contributed by atoms with van der Waals surface area (Å²) in [7, 11) is 0. The van der Waals surface area contributed by atoms with Gasteiger partial charge in [0, 0.05) is 55.9 Å². The Hall–Kier alpha value is -1.62. The van der Waals surface area contributed by atoms with Gasteiger partial charge in [0.2, 0.25) is 5.91 Å². The molecule has 3 heterocycles. The van der Waals surface area contributed by atoms with Crippen LogP contribution in [0.15, 0.2) is 24.9 Å². The zero-order chi connectivity index (χ0) is 14.4. The highest BCUT2D eigenvalue weighted by atomic mass is 16.2. The zero-order valence-corrected chi connectivity index (χ0v) is 12.4. The lowest BCUT2D eigenvalue weighted by atomic mass is 9.87. The third-order valence-electron chi connectivity index (χ3n) is 5.54. The number of hydrogen-bond acceptors (Lipinski definition) is 3. The molecule has 0 bridgehead atoms. The molecule has 3 aliphatic rings. The van der Waals surface area contributed by atoms with Crippen LogP contribution in [-0.2, 0) is 17.8 Å². The average molecular weight is 286 g/mol. The number of hydrogen-bond donors (Lipinski definition) is 0. The maximum atomic E-state index is 11.6. The number of nitrogens with zero attached hydrogens (tertiary/aromatic N) is 4. The van der Waals surface area contributed by atoms with Gasteiger partial charge in [-0.1, -0.05) is 6.58 Å². The van der Waals surface area contributed by atoms with Crippen LogP contribution in [0.1, 0.15) is 18.5 Å². The van der Waals surface area contributed by atoms with Gasteiger partial charge >= 0.3 is 0 Å². The molecule has 0 atom stereocenters. The molecule has 0 unspecified atom stereocenters. The van der Waals surface area contributed by atoms with E-state index in [1.54, 1.807) is 0 Å². The van der Waals surface area contributed by atoms with E-state index in [0.29, 0.717) is 11.5 Å². The Morgan fingerprint density at radius 1 is 1.33 bits per heavy atom. The monoisotopic (exact) mass is 286 g/mol. The minimum absolute atomic E-state index is 0.0815. The van der Waals surface area contributed by atoms with Gasteiger partial charge in [0.05, 0.1) is 6.54 Å². The smallest absolute Gasteiger partial charge is 0.245 e. The largest absolute Gasteiger partial charge is 0.338 e. The number of likely N-dealkylation sites (tertiary alicyclic amines) is 1. The summed E-state index contributed by atoms with van der Waals surface area (Å²) in [5, 5.41) is 4.41. The summed E-state index contributed by atoms with van der Waals surface area (Å²) in [5.74, 6) is 0.727. The number of amides is 1. The van der Waals surface area contributed by atoms with Crippen molar-refractivity contribution in [1.82, 2.24) is 19.6 Å². The van der Waals surface area contributed by atoms with Crippen molar-refractivity contribution in [2.75, 3.05) is 26.2 Å². The molecule has 1 aliphatic carbocycles. The second-order valence-electron chi connectivity index (χ2n) is 6.53. The van der Waals surface area contributed by atoms with E-state index in [2.05, 4.69) is 27.3 Å². The number of carbonyl (C=O) groups excluding carboxylic acids is 1. The molecular formula is C16H22N4O. The van der Waals surface area contributed by atoms with Gasteiger partial charge in [-0.3, -0.25) is 14.4 Å². The number of aromatic nitrogens is 2. The Balaban J connectivity index is 1.42. The fourth-order valence-electron chi connectivity index (χ4n) is 4.03. The third-order valence-corrected chi connectivity index (χ3v) is 5.54. The van der Waals surface area contributed by atoms with Crippen molar-refractivity contribution in [2.45, 2.75) is 31.3 Å². The molecule has 0 aromatic carbocycles. The lowest BCUT2D eigenvalue weighted by molar-refractivity contribution is -0.134. The molecule has 0 radical (unpaired) electrons. The quantitative estimate of drug-likeness (QED) is 0.776. The van der Waals surface area contributed by atoms with Crippen molar-refractivity contribution >= 4 is 5.91 Å². The van der Waals surface area contributed by atoms with E-state index < -0.39 is 0 Å². The summed E-state index contributed by atoms with van der Waals surface area (Å²) in [6, 6.07) is 2.14. The molecule has 5 heteroatoms. The van der Waals surface area contributed by atoms with E-state index in [-0.39, 0.29) is 5.91 Å². The molecule has 4 rings (SSSR count). The fraction of sp³-hybridized carbons (Fsp3) is 0.625. The first-order valence-electron chi connectivity index (χ1n) is 7.90. The van der Waals surface area contributed by atoms with Gasteiger partial charge in [0.1, 0.15) is 0 Å². The first-order valence-corrected chi connectivity index (χ1v) is 7.90. The third kappa shape index (κ3) is 2.02. The SMILES string of the molecule is C=CC(=O)N1CC(C2(N3CCc4ccnn4CC3)CC2)C1. The predicted octanol–water partition coefficient (Wildman–Crippen LogP) is 0.918.